The molecule has 2 aromatic carbocycles. The van der Waals surface area contributed by atoms with E-state index >= 15 is 0 Å². The number of nitrogens with two attached hydrogens (primary N) is 1. The summed E-state index contributed by atoms with van der Waals surface area (Å²) in [5, 5.41) is 0.877. The van der Waals surface area contributed by atoms with Gasteiger partial charge in [0.1, 0.15) is 0 Å². The van der Waals surface area contributed by atoms with Crippen molar-refractivity contribution in [1.82, 2.24) is 0 Å². The van der Waals surface area contributed by atoms with Crippen molar-refractivity contribution in [3.8, 4) is 0 Å². The molecule has 1 atom stereocenters. The molecule has 3 rings (SSSR count). The van der Waals surface area contributed by atoms with Crippen LogP contribution in [0.2, 0.25) is 5.02 Å². The van der Waals surface area contributed by atoms with Gasteiger partial charge in [0.15, 0.2) is 0 Å². The van der Waals surface area contributed by atoms with Crippen LogP contribution in [0.5, 0.6) is 0 Å². The maximum absolute atomic E-state index is 6.43. The van der Waals surface area contributed by atoms with Crippen LogP contribution in [-0.4, -0.2) is 6.54 Å². The molecule has 1 aliphatic carbocycles. The highest BCUT2D eigenvalue weighted by atomic mass is 35.5. The van der Waals surface area contributed by atoms with Crippen molar-refractivity contribution in [2.75, 3.05) is 6.54 Å². The quantitative estimate of drug-likeness (QED) is 0.897. The molecule has 0 fully saturated rings. The summed E-state index contributed by atoms with van der Waals surface area (Å²) in [6, 6.07) is 15.1. The van der Waals surface area contributed by atoms with Crippen molar-refractivity contribution in [2.24, 2.45) is 11.1 Å². The molecule has 0 bridgehead atoms. The summed E-state index contributed by atoms with van der Waals surface area (Å²) < 4.78 is 0. The number of fused-ring (bicyclic) bond motifs is 1. The number of aryl methyl sites for hydroxylation is 2. The molecule has 2 N–H and O–H groups in total. The van der Waals surface area contributed by atoms with Gasteiger partial charge < -0.3 is 5.73 Å². The van der Waals surface area contributed by atoms with Gasteiger partial charge in [-0.3, -0.25) is 0 Å². The fourth-order valence-electron chi connectivity index (χ4n) is 3.46. The summed E-state index contributed by atoms with van der Waals surface area (Å²) in [4.78, 5) is 0. The van der Waals surface area contributed by atoms with Gasteiger partial charge in [0.25, 0.3) is 0 Å². The van der Waals surface area contributed by atoms with Gasteiger partial charge in [0.2, 0.25) is 0 Å². The van der Waals surface area contributed by atoms with E-state index in [4.69, 9.17) is 17.3 Å². The van der Waals surface area contributed by atoms with E-state index in [-0.39, 0.29) is 5.41 Å². The van der Waals surface area contributed by atoms with Crippen LogP contribution in [0.4, 0.5) is 0 Å². The molecule has 0 aliphatic heterocycles. The minimum Gasteiger partial charge on any atom is -0.330 e. The van der Waals surface area contributed by atoms with E-state index in [0.717, 1.165) is 30.7 Å². The molecule has 0 saturated carbocycles. The molecular weight excluding hydrogens is 278 g/mol. The highest BCUT2D eigenvalue weighted by Crippen LogP contribution is 2.39. The van der Waals surface area contributed by atoms with E-state index in [2.05, 4.69) is 49.4 Å². The zero-order valence-electron chi connectivity index (χ0n) is 12.5. The third kappa shape index (κ3) is 3.00. The van der Waals surface area contributed by atoms with Gasteiger partial charge in [-0.05, 0) is 72.9 Å². The number of benzene rings is 2. The van der Waals surface area contributed by atoms with Gasteiger partial charge >= 0.3 is 0 Å². The van der Waals surface area contributed by atoms with Crippen LogP contribution in [0.25, 0.3) is 0 Å². The number of hydrogen-bond acceptors (Lipinski definition) is 1. The molecule has 2 aromatic rings. The van der Waals surface area contributed by atoms with Crippen LogP contribution in [0.3, 0.4) is 0 Å². The first-order valence-corrected chi connectivity index (χ1v) is 8.02. The Labute approximate surface area is 132 Å². The average molecular weight is 300 g/mol. The SMILES string of the molecule is Cc1ccc(CC2(CN)CCc3ccccc3C2)c(Cl)c1. The Bertz CT molecular complexity index is 650. The second-order valence-corrected chi connectivity index (χ2v) is 6.83. The van der Waals surface area contributed by atoms with Crippen molar-refractivity contribution in [1.29, 1.82) is 0 Å². The molecule has 1 unspecified atom stereocenters. The van der Waals surface area contributed by atoms with E-state index in [9.17, 15) is 0 Å². The maximum atomic E-state index is 6.43. The first-order valence-electron chi connectivity index (χ1n) is 7.64. The van der Waals surface area contributed by atoms with Gasteiger partial charge in [-0.2, -0.15) is 0 Å². The largest absolute Gasteiger partial charge is 0.330 e. The number of rotatable bonds is 3. The highest BCUT2D eigenvalue weighted by Gasteiger charge is 2.33. The van der Waals surface area contributed by atoms with Gasteiger partial charge in [0, 0.05) is 5.02 Å². The summed E-state index contributed by atoms with van der Waals surface area (Å²) in [5.41, 5.74) is 11.7. The molecule has 1 aliphatic rings. The average Bonchev–Trinajstić information content (AvgIpc) is 2.50. The molecule has 1 nitrogen and oxygen atoms in total. The molecule has 0 saturated heterocycles. The summed E-state index contributed by atoms with van der Waals surface area (Å²) in [5.74, 6) is 0. The molecule has 21 heavy (non-hydrogen) atoms. The second kappa shape index (κ2) is 5.82. The predicted octanol–water partition coefficient (Wildman–Crippen LogP) is 4.32. The van der Waals surface area contributed by atoms with Gasteiger partial charge in [-0.15, -0.1) is 0 Å². The van der Waals surface area contributed by atoms with Crippen LogP contribution in [0.1, 0.15) is 28.7 Å². The lowest BCUT2D eigenvalue weighted by molar-refractivity contribution is 0.254. The summed E-state index contributed by atoms with van der Waals surface area (Å²) in [6.45, 7) is 2.79. The number of hydrogen-bond donors (Lipinski definition) is 1. The smallest absolute Gasteiger partial charge is 0.0440 e. The van der Waals surface area contributed by atoms with Crippen molar-refractivity contribution >= 4 is 11.6 Å². The van der Waals surface area contributed by atoms with E-state index in [1.54, 1.807) is 0 Å². The summed E-state index contributed by atoms with van der Waals surface area (Å²) in [7, 11) is 0. The maximum Gasteiger partial charge on any atom is 0.0440 e. The van der Waals surface area contributed by atoms with Crippen molar-refractivity contribution < 1.29 is 0 Å². The van der Waals surface area contributed by atoms with Crippen LogP contribution < -0.4 is 5.73 Å². The Hall–Kier alpha value is -1.31. The van der Waals surface area contributed by atoms with Gasteiger partial charge in [0.05, 0.1) is 0 Å². The van der Waals surface area contributed by atoms with Gasteiger partial charge in [-0.1, -0.05) is 48.0 Å². The van der Waals surface area contributed by atoms with Crippen LogP contribution in [0, 0.1) is 12.3 Å². The summed E-state index contributed by atoms with van der Waals surface area (Å²) in [6.07, 6.45) is 4.29. The topological polar surface area (TPSA) is 26.0 Å². The van der Waals surface area contributed by atoms with Crippen molar-refractivity contribution in [3.05, 3.63) is 69.7 Å². The zero-order chi connectivity index (χ0) is 14.9. The van der Waals surface area contributed by atoms with Crippen LogP contribution in [-0.2, 0) is 19.3 Å². The lowest BCUT2D eigenvalue weighted by Crippen LogP contribution is -2.38. The Kier molecular flexibility index (Phi) is 4.05. The standard InChI is InChI=1S/C19H22ClN/c1-14-6-7-17(18(20)10-14)12-19(13-21)9-8-15-4-2-3-5-16(15)11-19/h2-7,10H,8-9,11-13,21H2,1H3. The molecule has 110 valence electrons. The van der Waals surface area contributed by atoms with E-state index in [0.29, 0.717) is 6.54 Å². The summed E-state index contributed by atoms with van der Waals surface area (Å²) >= 11 is 6.43. The lowest BCUT2D eigenvalue weighted by Gasteiger charge is -2.38. The minimum atomic E-state index is 0.146. The van der Waals surface area contributed by atoms with E-state index < -0.39 is 0 Å². The monoisotopic (exact) mass is 299 g/mol. The van der Waals surface area contributed by atoms with E-state index in [1.807, 2.05) is 0 Å². The lowest BCUT2D eigenvalue weighted by atomic mass is 9.68. The molecule has 2 heteroatoms. The van der Waals surface area contributed by atoms with Crippen LogP contribution >= 0.6 is 11.6 Å². The third-order valence-electron chi connectivity index (χ3n) is 4.82. The third-order valence-corrected chi connectivity index (χ3v) is 5.17. The molecule has 0 amide bonds. The van der Waals surface area contributed by atoms with Crippen molar-refractivity contribution in [3.63, 3.8) is 0 Å². The first-order chi connectivity index (χ1) is 10.1. The van der Waals surface area contributed by atoms with E-state index in [1.165, 1.54) is 22.3 Å². The molecule has 0 spiro atoms. The fourth-order valence-corrected chi connectivity index (χ4v) is 3.76. The van der Waals surface area contributed by atoms with Crippen LogP contribution in [0.15, 0.2) is 42.5 Å². The molecule has 0 heterocycles. The number of halogens is 1. The Morgan fingerprint density at radius 1 is 1.14 bits per heavy atom. The highest BCUT2D eigenvalue weighted by molar-refractivity contribution is 6.31. The normalized spacial score (nSPS) is 21.1. The second-order valence-electron chi connectivity index (χ2n) is 6.42. The molecule has 0 aromatic heterocycles. The molecular formula is C19H22ClN. The minimum absolute atomic E-state index is 0.146. The molecule has 0 radical (unpaired) electrons. The first kappa shape index (κ1) is 14.6. The Morgan fingerprint density at radius 2 is 1.90 bits per heavy atom. The zero-order valence-corrected chi connectivity index (χ0v) is 13.3. The Balaban J connectivity index is 1.88. The predicted molar refractivity (Wildman–Crippen MR) is 89.8 cm³/mol. The van der Waals surface area contributed by atoms with Gasteiger partial charge in [-0.25, -0.2) is 0 Å². The Morgan fingerprint density at radius 3 is 2.62 bits per heavy atom. The fraction of sp³-hybridized carbons (Fsp3) is 0.368. The van der Waals surface area contributed by atoms with Crippen molar-refractivity contribution in [2.45, 2.75) is 32.6 Å².